The average molecular weight is 729 g/mol. The third kappa shape index (κ3) is 4.48. The third-order valence-corrected chi connectivity index (χ3v) is 11.7. The second-order valence-electron chi connectivity index (χ2n) is 14.7. The van der Waals surface area contributed by atoms with Crippen LogP contribution in [0.15, 0.2) is 199 Å². The maximum Gasteiger partial charge on any atom is 0.164 e. The van der Waals surface area contributed by atoms with Gasteiger partial charge < -0.3 is 9.32 Å². The lowest BCUT2D eigenvalue weighted by Gasteiger charge is -2.45. The summed E-state index contributed by atoms with van der Waals surface area (Å²) in [6.45, 7) is 0. The van der Waals surface area contributed by atoms with Crippen molar-refractivity contribution < 1.29 is 4.42 Å². The van der Waals surface area contributed by atoms with E-state index in [2.05, 4.69) is 132 Å². The van der Waals surface area contributed by atoms with Gasteiger partial charge in [-0.05, 0) is 58.1 Å². The van der Waals surface area contributed by atoms with Crippen molar-refractivity contribution in [1.29, 1.82) is 0 Å². The van der Waals surface area contributed by atoms with Crippen LogP contribution in [0.25, 0.3) is 67.2 Å². The Balaban J connectivity index is 1.14. The Hall–Kier alpha value is -7.63. The molecule has 1 aliphatic carbocycles. The van der Waals surface area contributed by atoms with Crippen molar-refractivity contribution >= 4 is 39.0 Å². The molecule has 5 heteroatoms. The maximum atomic E-state index is 7.06. The first kappa shape index (κ1) is 31.7. The van der Waals surface area contributed by atoms with E-state index < -0.39 is 5.41 Å². The van der Waals surface area contributed by atoms with Gasteiger partial charge >= 0.3 is 0 Å². The molecular formula is C52H32N4O. The molecule has 0 radical (unpaired) electrons. The van der Waals surface area contributed by atoms with Crippen LogP contribution in [-0.4, -0.2) is 15.0 Å². The monoisotopic (exact) mass is 728 g/mol. The van der Waals surface area contributed by atoms with E-state index >= 15 is 0 Å². The molecule has 0 bridgehead atoms. The lowest BCUT2D eigenvalue weighted by Crippen LogP contribution is -2.36. The molecule has 0 N–H and O–H groups in total. The van der Waals surface area contributed by atoms with Gasteiger partial charge in [-0.2, -0.15) is 0 Å². The van der Waals surface area contributed by atoms with Gasteiger partial charge in [0, 0.05) is 38.7 Å². The van der Waals surface area contributed by atoms with Crippen LogP contribution in [0, 0.1) is 0 Å². The molecular weight excluding hydrogens is 697 g/mol. The summed E-state index contributed by atoms with van der Waals surface area (Å²) in [5, 5.41) is 2.01. The molecule has 0 amide bonds. The van der Waals surface area contributed by atoms with Gasteiger partial charge in [0.25, 0.3) is 0 Å². The Labute approximate surface area is 329 Å². The SMILES string of the molecule is c1ccc(-c2nc(-c3ccccc3)nc(-c3cccc4oc5c6c(ccc5c34)C3(c4ccccc4-6)c4ccccc4N(c4ccccc4)c4ccccc43)n2)cc1. The highest BCUT2D eigenvalue weighted by Crippen LogP contribution is 2.64. The molecule has 1 aliphatic heterocycles. The van der Waals surface area contributed by atoms with Crippen molar-refractivity contribution in [2.45, 2.75) is 5.41 Å². The van der Waals surface area contributed by atoms with Crippen molar-refractivity contribution in [3.05, 3.63) is 216 Å². The van der Waals surface area contributed by atoms with Crippen LogP contribution in [0.1, 0.15) is 22.3 Å². The molecule has 0 saturated carbocycles. The fourth-order valence-electron chi connectivity index (χ4n) is 9.44. The molecule has 2 aliphatic rings. The van der Waals surface area contributed by atoms with Gasteiger partial charge in [0.2, 0.25) is 0 Å². The van der Waals surface area contributed by atoms with Crippen molar-refractivity contribution in [3.8, 4) is 45.3 Å². The van der Waals surface area contributed by atoms with Gasteiger partial charge in [0.05, 0.1) is 16.8 Å². The predicted molar refractivity (Wildman–Crippen MR) is 229 cm³/mol. The van der Waals surface area contributed by atoms with Gasteiger partial charge in [0.15, 0.2) is 17.5 Å². The highest BCUT2D eigenvalue weighted by atomic mass is 16.3. The van der Waals surface area contributed by atoms with Crippen LogP contribution in [0.5, 0.6) is 0 Å². The van der Waals surface area contributed by atoms with Gasteiger partial charge in [-0.25, -0.2) is 15.0 Å². The van der Waals surface area contributed by atoms with E-state index in [1.807, 2.05) is 66.7 Å². The van der Waals surface area contributed by atoms with Crippen molar-refractivity contribution in [2.75, 3.05) is 4.90 Å². The van der Waals surface area contributed by atoms with E-state index in [-0.39, 0.29) is 0 Å². The molecule has 57 heavy (non-hydrogen) atoms. The largest absolute Gasteiger partial charge is 0.455 e. The van der Waals surface area contributed by atoms with Gasteiger partial charge in [-0.1, -0.05) is 164 Å². The van der Waals surface area contributed by atoms with Crippen molar-refractivity contribution in [3.63, 3.8) is 0 Å². The number of nitrogens with zero attached hydrogens (tertiary/aromatic N) is 4. The second-order valence-corrected chi connectivity index (χ2v) is 14.7. The summed E-state index contributed by atoms with van der Waals surface area (Å²) in [6, 6.07) is 68.4. The van der Waals surface area contributed by atoms with E-state index in [9.17, 15) is 0 Å². The highest BCUT2D eigenvalue weighted by Gasteiger charge is 2.52. The molecule has 0 fully saturated rings. The first-order valence-electron chi connectivity index (χ1n) is 19.3. The van der Waals surface area contributed by atoms with Crippen LogP contribution in [0.2, 0.25) is 0 Å². The molecule has 266 valence electrons. The van der Waals surface area contributed by atoms with E-state index in [0.717, 1.165) is 61.3 Å². The minimum absolute atomic E-state index is 0.580. The number of anilines is 3. The van der Waals surface area contributed by atoms with E-state index in [4.69, 9.17) is 19.4 Å². The smallest absolute Gasteiger partial charge is 0.164 e. The molecule has 2 aromatic heterocycles. The fourth-order valence-corrected chi connectivity index (χ4v) is 9.44. The lowest BCUT2D eigenvalue weighted by molar-refractivity contribution is 0.668. The van der Waals surface area contributed by atoms with Crippen molar-refractivity contribution in [1.82, 2.24) is 15.0 Å². The molecule has 12 rings (SSSR count). The number of para-hydroxylation sites is 3. The zero-order chi connectivity index (χ0) is 37.5. The van der Waals surface area contributed by atoms with Crippen LogP contribution in [-0.2, 0) is 5.41 Å². The number of furan rings is 1. The summed E-state index contributed by atoms with van der Waals surface area (Å²) < 4.78 is 7.06. The van der Waals surface area contributed by atoms with E-state index in [1.54, 1.807) is 0 Å². The maximum absolute atomic E-state index is 7.06. The number of fused-ring (bicyclic) bond motifs is 13. The van der Waals surface area contributed by atoms with Crippen LogP contribution in [0.4, 0.5) is 17.1 Å². The molecule has 10 aromatic rings. The van der Waals surface area contributed by atoms with Crippen LogP contribution in [0.3, 0.4) is 0 Å². The minimum atomic E-state index is -0.580. The molecule has 3 heterocycles. The minimum Gasteiger partial charge on any atom is -0.455 e. The number of hydrogen-bond acceptors (Lipinski definition) is 5. The Morgan fingerprint density at radius 1 is 0.404 bits per heavy atom. The second kappa shape index (κ2) is 12.2. The topological polar surface area (TPSA) is 55.1 Å². The molecule has 0 atom stereocenters. The Morgan fingerprint density at radius 2 is 0.930 bits per heavy atom. The standard InChI is InChI=1S/C52H32N4O/c1-4-17-33(18-5-1)49-53-50(34-19-6-2-7-20-34)55-51(54-49)38-24-16-30-45-46(38)37-31-32-42-47(48(37)57-45)36-23-10-11-25-39(36)52(42)40-26-12-14-28-43(40)56(35-21-8-3-9-22-35)44-29-15-13-27-41(44)52/h1-32H. The molecule has 0 unspecified atom stereocenters. The lowest BCUT2D eigenvalue weighted by atomic mass is 9.64. The van der Waals surface area contributed by atoms with Crippen LogP contribution >= 0.6 is 0 Å². The van der Waals surface area contributed by atoms with Gasteiger partial charge in [-0.15, -0.1) is 0 Å². The summed E-state index contributed by atoms with van der Waals surface area (Å²) in [6.07, 6.45) is 0. The Kier molecular flexibility index (Phi) is 6.78. The number of aromatic nitrogens is 3. The zero-order valence-electron chi connectivity index (χ0n) is 30.7. The van der Waals surface area contributed by atoms with Crippen molar-refractivity contribution in [2.24, 2.45) is 0 Å². The van der Waals surface area contributed by atoms with E-state index in [0.29, 0.717) is 17.5 Å². The summed E-state index contributed by atoms with van der Waals surface area (Å²) in [4.78, 5) is 17.6. The number of benzene rings is 8. The molecule has 1 spiro atoms. The predicted octanol–water partition coefficient (Wildman–Crippen LogP) is 12.9. The number of rotatable bonds is 4. The molecule has 8 aromatic carbocycles. The average Bonchev–Trinajstić information content (AvgIpc) is 3.82. The van der Waals surface area contributed by atoms with Gasteiger partial charge in [0.1, 0.15) is 11.2 Å². The number of hydrogen-bond donors (Lipinski definition) is 0. The van der Waals surface area contributed by atoms with Crippen LogP contribution < -0.4 is 4.90 Å². The summed E-state index contributed by atoms with van der Waals surface area (Å²) >= 11 is 0. The fraction of sp³-hybridized carbons (Fsp3) is 0.0192. The molecule has 0 saturated heterocycles. The third-order valence-electron chi connectivity index (χ3n) is 11.7. The summed E-state index contributed by atoms with van der Waals surface area (Å²) in [5.74, 6) is 1.85. The van der Waals surface area contributed by atoms with E-state index in [1.165, 1.54) is 27.8 Å². The first-order chi connectivity index (χ1) is 28.3. The highest BCUT2D eigenvalue weighted by molar-refractivity contribution is 6.17. The Bertz CT molecular complexity index is 3090. The van der Waals surface area contributed by atoms with Gasteiger partial charge in [-0.3, -0.25) is 0 Å². The first-order valence-corrected chi connectivity index (χ1v) is 19.3. The quantitative estimate of drug-likeness (QED) is 0.181. The Morgan fingerprint density at radius 3 is 1.58 bits per heavy atom. The normalized spacial score (nSPS) is 13.4. The summed E-state index contributed by atoms with van der Waals surface area (Å²) in [7, 11) is 0. The molecule has 5 nitrogen and oxygen atoms in total. The zero-order valence-corrected chi connectivity index (χ0v) is 30.7. The summed E-state index contributed by atoms with van der Waals surface area (Å²) in [5.41, 5.74) is 14.5.